The van der Waals surface area contributed by atoms with Crippen molar-refractivity contribution in [2.24, 2.45) is 5.92 Å². The molecule has 0 aliphatic carbocycles. The van der Waals surface area contributed by atoms with Gasteiger partial charge in [-0.3, -0.25) is 0 Å². The standard InChI is InChI=1S/C24H34F3NO2.2C2H6/c1-18-8-4-3-5-13-28(14-12-18)17-23(29,24(25,26)27)16-19(2)21-11-6-9-20-10-7-15-30-22(20)21;2*1-2/h6,9,11-12,14,18-19,29H,3-5,7-8,10,13,15-17H2,1-2H3;2*1-2H3/b14-12-;;. The number of alkyl halides is 3. The number of benzene rings is 1. The molecule has 3 atom stereocenters. The fourth-order valence-electron chi connectivity index (χ4n) is 4.55. The lowest BCUT2D eigenvalue weighted by molar-refractivity contribution is -0.267. The van der Waals surface area contributed by atoms with Gasteiger partial charge in [-0.25, -0.2) is 0 Å². The van der Waals surface area contributed by atoms with Crippen molar-refractivity contribution in [1.82, 2.24) is 4.90 Å². The van der Waals surface area contributed by atoms with Crippen molar-refractivity contribution < 1.29 is 23.0 Å². The highest BCUT2D eigenvalue weighted by molar-refractivity contribution is 5.44. The first-order valence-corrected chi connectivity index (χ1v) is 13.2. The molecule has 0 aromatic heterocycles. The van der Waals surface area contributed by atoms with Crippen LogP contribution in [0.5, 0.6) is 5.75 Å². The second kappa shape index (κ2) is 14.7. The van der Waals surface area contributed by atoms with Crippen molar-refractivity contribution in [2.45, 2.75) is 104 Å². The van der Waals surface area contributed by atoms with E-state index in [1.54, 1.807) is 18.0 Å². The van der Waals surface area contributed by atoms with Crippen molar-refractivity contribution >= 4 is 0 Å². The summed E-state index contributed by atoms with van der Waals surface area (Å²) < 4.78 is 48.0. The van der Waals surface area contributed by atoms with Crippen LogP contribution in [0.4, 0.5) is 13.2 Å². The zero-order valence-electron chi connectivity index (χ0n) is 22.0. The fourth-order valence-corrected chi connectivity index (χ4v) is 4.55. The van der Waals surface area contributed by atoms with E-state index >= 15 is 0 Å². The number of allylic oxidation sites excluding steroid dienone is 1. The first-order chi connectivity index (χ1) is 16.2. The van der Waals surface area contributed by atoms with Gasteiger partial charge >= 0.3 is 6.18 Å². The monoisotopic (exact) mass is 485 g/mol. The second-order valence-electron chi connectivity index (χ2n) is 9.06. The third kappa shape index (κ3) is 8.51. The number of hydrogen-bond donors (Lipinski definition) is 1. The van der Waals surface area contributed by atoms with E-state index in [0.717, 1.165) is 49.7 Å². The number of aryl methyl sites for hydroxylation is 1. The molecule has 0 amide bonds. The number of hydrogen-bond acceptors (Lipinski definition) is 3. The molecule has 196 valence electrons. The van der Waals surface area contributed by atoms with Gasteiger partial charge in [0.1, 0.15) is 5.75 Å². The Morgan fingerprint density at radius 3 is 2.47 bits per heavy atom. The van der Waals surface area contributed by atoms with Gasteiger partial charge in [0.05, 0.1) is 13.2 Å². The molecule has 0 fully saturated rings. The van der Waals surface area contributed by atoms with Crippen LogP contribution in [0.25, 0.3) is 0 Å². The lowest BCUT2D eigenvalue weighted by Crippen LogP contribution is -2.53. The molecule has 3 unspecified atom stereocenters. The Kier molecular flexibility index (Phi) is 13.1. The van der Waals surface area contributed by atoms with E-state index in [1.807, 2.05) is 52.0 Å². The van der Waals surface area contributed by atoms with E-state index in [1.165, 1.54) is 0 Å². The Labute approximate surface area is 205 Å². The minimum absolute atomic E-state index is 0.330. The van der Waals surface area contributed by atoms with Gasteiger partial charge in [0.2, 0.25) is 0 Å². The summed E-state index contributed by atoms with van der Waals surface area (Å²) in [4.78, 5) is 1.65. The minimum Gasteiger partial charge on any atom is -0.493 e. The molecule has 1 aromatic carbocycles. The molecule has 6 heteroatoms. The quantitative estimate of drug-likeness (QED) is 0.460. The molecule has 3 nitrogen and oxygen atoms in total. The number of halogens is 3. The van der Waals surface area contributed by atoms with E-state index in [2.05, 4.69) is 6.92 Å². The van der Waals surface area contributed by atoms with Crippen LogP contribution in [0, 0.1) is 5.92 Å². The molecule has 34 heavy (non-hydrogen) atoms. The van der Waals surface area contributed by atoms with Crippen LogP contribution in [0.15, 0.2) is 30.5 Å². The van der Waals surface area contributed by atoms with Crippen LogP contribution in [0.1, 0.15) is 97.1 Å². The molecule has 0 saturated heterocycles. The normalized spacial score (nSPS) is 21.9. The maximum atomic E-state index is 14.1. The predicted molar refractivity (Wildman–Crippen MR) is 135 cm³/mol. The molecule has 0 bridgehead atoms. The summed E-state index contributed by atoms with van der Waals surface area (Å²) in [5, 5.41) is 10.9. The number of fused-ring (bicyclic) bond motifs is 1. The number of β-amino-alcohol motifs (C(OH)–C–C–N with tert-alkyl or cyclic N) is 1. The van der Waals surface area contributed by atoms with Gasteiger partial charge in [-0.05, 0) is 61.3 Å². The van der Waals surface area contributed by atoms with Gasteiger partial charge in [-0.2, -0.15) is 13.2 Å². The number of para-hydroxylation sites is 1. The van der Waals surface area contributed by atoms with Gasteiger partial charge in [0, 0.05) is 6.54 Å². The smallest absolute Gasteiger partial charge is 0.418 e. The Bertz CT molecular complexity index is 735. The summed E-state index contributed by atoms with van der Waals surface area (Å²) in [6, 6.07) is 5.67. The first kappa shape index (κ1) is 30.3. The summed E-state index contributed by atoms with van der Waals surface area (Å²) in [5.41, 5.74) is -0.993. The van der Waals surface area contributed by atoms with Crippen LogP contribution in [0.2, 0.25) is 0 Å². The first-order valence-electron chi connectivity index (χ1n) is 13.2. The van der Waals surface area contributed by atoms with E-state index in [0.29, 0.717) is 24.8 Å². The molecule has 1 N–H and O–H groups in total. The fraction of sp³-hybridized carbons (Fsp3) is 0.714. The number of nitrogens with zero attached hydrogens (tertiary/aromatic N) is 1. The second-order valence-corrected chi connectivity index (χ2v) is 9.06. The van der Waals surface area contributed by atoms with Crippen molar-refractivity contribution in [3.05, 3.63) is 41.6 Å². The van der Waals surface area contributed by atoms with Crippen molar-refractivity contribution in [3.63, 3.8) is 0 Å². The van der Waals surface area contributed by atoms with Crippen molar-refractivity contribution in [3.8, 4) is 5.75 Å². The largest absolute Gasteiger partial charge is 0.493 e. The molecule has 0 spiro atoms. The number of aliphatic hydroxyl groups is 1. The summed E-state index contributed by atoms with van der Waals surface area (Å²) >= 11 is 0. The number of rotatable bonds is 5. The highest BCUT2D eigenvalue weighted by atomic mass is 19.4. The highest BCUT2D eigenvalue weighted by Crippen LogP contribution is 2.42. The summed E-state index contributed by atoms with van der Waals surface area (Å²) in [6.45, 7) is 12.5. The summed E-state index contributed by atoms with van der Waals surface area (Å²) in [7, 11) is 0. The third-order valence-electron chi connectivity index (χ3n) is 6.36. The minimum atomic E-state index is -4.71. The van der Waals surface area contributed by atoms with Crippen LogP contribution < -0.4 is 4.74 Å². The molecule has 2 aliphatic rings. The summed E-state index contributed by atoms with van der Waals surface area (Å²) in [5.74, 6) is 0.554. The maximum absolute atomic E-state index is 14.1. The average molecular weight is 486 g/mol. The highest BCUT2D eigenvalue weighted by Gasteiger charge is 2.55. The summed E-state index contributed by atoms with van der Waals surface area (Å²) in [6.07, 6.45) is 4.36. The average Bonchev–Trinajstić information content (AvgIpc) is 2.93. The zero-order valence-corrected chi connectivity index (χ0v) is 22.0. The van der Waals surface area contributed by atoms with Crippen molar-refractivity contribution in [2.75, 3.05) is 19.7 Å². The Balaban J connectivity index is 0.00000137. The lowest BCUT2D eigenvalue weighted by atomic mass is 9.84. The van der Waals surface area contributed by atoms with Gasteiger partial charge < -0.3 is 14.7 Å². The molecule has 2 heterocycles. The third-order valence-corrected chi connectivity index (χ3v) is 6.36. The molecule has 3 rings (SSSR count). The van der Waals surface area contributed by atoms with E-state index in [9.17, 15) is 18.3 Å². The molecular formula is C28H46F3NO2. The Morgan fingerprint density at radius 1 is 1.09 bits per heavy atom. The molecule has 0 radical (unpaired) electrons. The lowest BCUT2D eigenvalue weighted by Gasteiger charge is -2.37. The van der Waals surface area contributed by atoms with Crippen molar-refractivity contribution in [1.29, 1.82) is 0 Å². The van der Waals surface area contributed by atoms with Crippen LogP contribution in [-0.2, 0) is 6.42 Å². The Hall–Kier alpha value is -1.69. The zero-order chi connectivity index (χ0) is 25.8. The Morgan fingerprint density at radius 2 is 1.79 bits per heavy atom. The molecular weight excluding hydrogens is 439 g/mol. The maximum Gasteiger partial charge on any atom is 0.418 e. The van der Waals surface area contributed by atoms with E-state index in [4.69, 9.17) is 4.74 Å². The molecule has 1 aromatic rings. The van der Waals surface area contributed by atoms with Crippen LogP contribution in [-0.4, -0.2) is 41.5 Å². The molecule has 2 aliphatic heterocycles. The van der Waals surface area contributed by atoms with Gasteiger partial charge in [0.25, 0.3) is 0 Å². The number of ether oxygens (including phenoxy) is 1. The van der Waals surface area contributed by atoms with Gasteiger partial charge in [-0.1, -0.05) is 78.7 Å². The molecule has 0 saturated carbocycles. The van der Waals surface area contributed by atoms with Gasteiger partial charge in [-0.15, -0.1) is 0 Å². The van der Waals surface area contributed by atoms with Crippen LogP contribution in [0.3, 0.4) is 0 Å². The van der Waals surface area contributed by atoms with E-state index in [-0.39, 0.29) is 0 Å². The SMILES string of the molecule is CC.CC.CC1/C=C\N(CC(O)(CC(C)c2cccc3c2OCCC3)C(F)(F)F)CCCCC1. The topological polar surface area (TPSA) is 32.7 Å². The van der Waals surface area contributed by atoms with E-state index < -0.39 is 30.7 Å². The van der Waals surface area contributed by atoms with Crippen LogP contribution >= 0.6 is 0 Å². The predicted octanol–water partition coefficient (Wildman–Crippen LogP) is 7.88. The van der Waals surface area contributed by atoms with Gasteiger partial charge in [0.15, 0.2) is 5.60 Å².